The summed E-state index contributed by atoms with van der Waals surface area (Å²) in [7, 11) is 0. The smallest absolute Gasteiger partial charge is 0.282 e. The van der Waals surface area contributed by atoms with Crippen LogP contribution >= 0.6 is 11.6 Å². The number of hydrazine groups is 1. The number of hydrogen-bond acceptors (Lipinski definition) is 4. The van der Waals surface area contributed by atoms with Crippen molar-refractivity contribution in [1.29, 1.82) is 0 Å². The van der Waals surface area contributed by atoms with Crippen molar-refractivity contribution in [3.8, 4) is 5.75 Å². The fourth-order valence-electron chi connectivity index (χ4n) is 3.25. The summed E-state index contributed by atoms with van der Waals surface area (Å²) in [6.07, 6.45) is 2.44. The molecule has 0 spiro atoms. The molecule has 1 heterocycles. The van der Waals surface area contributed by atoms with Crippen molar-refractivity contribution in [2.24, 2.45) is 0 Å². The number of amides is 2. The summed E-state index contributed by atoms with van der Waals surface area (Å²) in [5.41, 5.74) is 4.93. The van der Waals surface area contributed by atoms with Gasteiger partial charge in [0.1, 0.15) is 11.3 Å². The van der Waals surface area contributed by atoms with Crippen molar-refractivity contribution in [3.63, 3.8) is 0 Å². The Hall–Kier alpha value is -2.99. The molecule has 1 saturated heterocycles. The molecule has 1 fully saturated rings. The summed E-state index contributed by atoms with van der Waals surface area (Å²) >= 11 is 5.91. The third-order valence-electron chi connectivity index (χ3n) is 4.86. The van der Waals surface area contributed by atoms with E-state index in [0.29, 0.717) is 28.6 Å². The van der Waals surface area contributed by atoms with Crippen molar-refractivity contribution < 1.29 is 14.3 Å². The molecule has 2 aromatic carbocycles. The molecule has 0 aromatic heterocycles. The van der Waals surface area contributed by atoms with Crippen LogP contribution in [0.5, 0.6) is 5.75 Å². The van der Waals surface area contributed by atoms with Gasteiger partial charge in [-0.15, -0.1) is 0 Å². The van der Waals surface area contributed by atoms with Crippen LogP contribution < -0.4 is 20.1 Å². The van der Waals surface area contributed by atoms with Crippen molar-refractivity contribution in [1.82, 2.24) is 5.43 Å². The standard InChI is InChI=1S/C23H26ClN3O3/c1-4-13-30-21-15-19(26(5-2)6-3)10-7-16(21)14-20-22(28)25-27(23(20)29)18-11-8-17(24)9-12-18/h7-12,14-15H,4-6,13H2,1-3H3,(H,25,28)/b20-14+. The zero-order valence-corrected chi connectivity index (χ0v) is 18.2. The Morgan fingerprint density at radius 2 is 1.77 bits per heavy atom. The molecule has 1 N–H and O–H groups in total. The number of benzene rings is 2. The summed E-state index contributed by atoms with van der Waals surface area (Å²) in [5, 5.41) is 1.78. The van der Waals surface area contributed by atoms with Crippen LogP contribution in [0.4, 0.5) is 11.4 Å². The number of carbonyl (C=O) groups is 2. The van der Waals surface area contributed by atoms with E-state index in [1.54, 1.807) is 30.3 Å². The van der Waals surface area contributed by atoms with Crippen LogP contribution in [-0.4, -0.2) is 31.5 Å². The monoisotopic (exact) mass is 427 g/mol. The molecule has 0 unspecified atom stereocenters. The Kier molecular flexibility index (Phi) is 7.00. The van der Waals surface area contributed by atoms with Gasteiger partial charge in [0.15, 0.2) is 0 Å². The minimum Gasteiger partial charge on any atom is -0.493 e. The number of halogens is 1. The second kappa shape index (κ2) is 9.67. The number of hydrogen-bond donors (Lipinski definition) is 1. The van der Waals surface area contributed by atoms with E-state index in [0.717, 1.165) is 25.2 Å². The Bertz CT molecular complexity index is 953. The van der Waals surface area contributed by atoms with Gasteiger partial charge in [0.05, 0.1) is 12.3 Å². The van der Waals surface area contributed by atoms with Crippen molar-refractivity contribution in [3.05, 3.63) is 58.6 Å². The molecular formula is C23H26ClN3O3. The molecule has 2 aromatic rings. The first-order valence-electron chi connectivity index (χ1n) is 10.1. The maximum Gasteiger partial charge on any atom is 0.282 e. The van der Waals surface area contributed by atoms with Crippen LogP contribution in [0.3, 0.4) is 0 Å². The molecule has 6 nitrogen and oxygen atoms in total. The molecule has 2 amide bonds. The normalized spacial score (nSPS) is 14.9. The maximum atomic E-state index is 12.9. The Morgan fingerprint density at radius 3 is 2.40 bits per heavy atom. The van der Waals surface area contributed by atoms with Gasteiger partial charge in [0.25, 0.3) is 11.8 Å². The Labute approximate surface area is 182 Å². The molecule has 1 aliphatic rings. The Morgan fingerprint density at radius 1 is 1.07 bits per heavy atom. The average Bonchev–Trinajstić information content (AvgIpc) is 3.03. The predicted molar refractivity (Wildman–Crippen MR) is 121 cm³/mol. The quantitative estimate of drug-likeness (QED) is 0.500. The van der Waals surface area contributed by atoms with Crippen LogP contribution in [0.1, 0.15) is 32.8 Å². The fraction of sp³-hybridized carbons (Fsp3) is 0.304. The molecule has 3 rings (SSSR count). The van der Waals surface area contributed by atoms with Crippen LogP contribution in [0, 0.1) is 0 Å². The van der Waals surface area contributed by atoms with E-state index in [1.807, 2.05) is 25.1 Å². The minimum atomic E-state index is -0.454. The van der Waals surface area contributed by atoms with E-state index in [4.69, 9.17) is 16.3 Å². The van der Waals surface area contributed by atoms with Crippen molar-refractivity contribution in [2.75, 3.05) is 29.6 Å². The number of nitrogens with zero attached hydrogens (tertiary/aromatic N) is 2. The molecule has 1 aliphatic heterocycles. The number of nitrogens with one attached hydrogen (secondary N) is 1. The molecular weight excluding hydrogens is 402 g/mol. The topological polar surface area (TPSA) is 61.9 Å². The molecule has 158 valence electrons. The zero-order valence-electron chi connectivity index (χ0n) is 17.4. The molecule has 0 atom stereocenters. The second-order valence-corrected chi connectivity index (χ2v) is 7.30. The van der Waals surface area contributed by atoms with Gasteiger partial charge in [-0.3, -0.25) is 15.0 Å². The van der Waals surface area contributed by atoms with Gasteiger partial charge >= 0.3 is 0 Å². The van der Waals surface area contributed by atoms with Crippen LogP contribution in [0.2, 0.25) is 5.02 Å². The van der Waals surface area contributed by atoms with Crippen LogP contribution in [0.15, 0.2) is 48.0 Å². The summed E-state index contributed by atoms with van der Waals surface area (Å²) in [4.78, 5) is 27.6. The third kappa shape index (κ3) is 4.60. The lowest BCUT2D eigenvalue weighted by Gasteiger charge is -2.22. The fourth-order valence-corrected chi connectivity index (χ4v) is 3.38. The number of carbonyl (C=O) groups excluding carboxylic acids is 2. The number of anilines is 2. The van der Waals surface area contributed by atoms with E-state index in [2.05, 4.69) is 24.2 Å². The summed E-state index contributed by atoms with van der Waals surface area (Å²) in [5.74, 6) is -0.222. The molecule has 7 heteroatoms. The third-order valence-corrected chi connectivity index (χ3v) is 5.12. The zero-order chi connectivity index (χ0) is 21.7. The first-order chi connectivity index (χ1) is 14.5. The van der Waals surface area contributed by atoms with Gasteiger partial charge in [-0.25, -0.2) is 5.01 Å². The van der Waals surface area contributed by atoms with Gasteiger partial charge in [0.2, 0.25) is 0 Å². The summed E-state index contributed by atoms with van der Waals surface area (Å²) in [6, 6.07) is 12.5. The largest absolute Gasteiger partial charge is 0.493 e. The molecule has 0 aliphatic carbocycles. The maximum absolute atomic E-state index is 12.9. The molecule has 0 bridgehead atoms. The lowest BCUT2D eigenvalue weighted by molar-refractivity contribution is -0.117. The van der Waals surface area contributed by atoms with Crippen LogP contribution in [-0.2, 0) is 9.59 Å². The van der Waals surface area contributed by atoms with Crippen molar-refractivity contribution >= 4 is 40.9 Å². The lowest BCUT2D eigenvalue weighted by Crippen LogP contribution is -2.35. The SMILES string of the molecule is CCCOc1cc(N(CC)CC)ccc1/C=C1\C(=O)NN(c2ccc(Cl)cc2)C1=O. The highest BCUT2D eigenvalue weighted by atomic mass is 35.5. The lowest BCUT2D eigenvalue weighted by atomic mass is 10.1. The van der Waals surface area contributed by atoms with Gasteiger partial charge in [-0.1, -0.05) is 18.5 Å². The number of ether oxygens (including phenoxy) is 1. The van der Waals surface area contributed by atoms with E-state index in [1.165, 1.54) is 5.01 Å². The van der Waals surface area contributed by atoms with Crippen LogP contribution in [0.25, 0.3) is 6.08 Å². The predicted octanol–water partition coefficient (Wildman–Crippen LogP) is 4.44. The van der Waals surface area contributed by atoms with E-state index in [-0.39, 0.29) is 5.57 Å². The highest BCUT2D eigenvalue weighted by molar-refractivity contribution is 6.32. The van der Waals surface area contributed by atoms with E-state index >= 15 is 0 Å². The first kappa shape index (κ1) is 21.7. The van der Waals surface area contributed by atoms with E-state index < -0.39 is 11.8 Å². The molecule has 30 heavy (non-hydrogen) atoms. The average molecular weight is 428 g/mol. The van der Waals surface area contributed by atoms with Gasteiger partial charge < -0.3 is 9.64 Å². The first-order valence-corrected chi connectivity index (χ1v) is 10.5. The second-order valence-electron chi connectivity index (χ2n) is 6.86. The molecule has 0 saturated carbocycles. The van der Waals surface area contributed by atoms with Gasteiger partial charge in [-0.2, -0.15) is 0 Å². The number of rotatable bonds is 8. The van der Waals surface area contributed by atoms with Gasteiger partial charge in [0, 0.05) is 35.4 Å². The van der Waals surface area contributed by atoms with E-state index in [9.17, 15) is 9.59 Å². The highest BCUT2D eigenvalue weighted by Gasteiger charge is 2.34. The van der Waals surface area contributed by atoms with Gasteiger partial charge in [-0.05, 0) is 62.7 Å². The highest BCUT2D eigenvalue weighted by Crippen LogP contribution is 2.30. The minimum absolute atomic E-state index is 0.0573. The Balaban J connectivity index is 1.95. The molecule has 0 radical (unpaired) electrons. The summed E-state index contributed by atoms with van der Waals surface area (Å²) in [6.45, 7) is 8.53. The van der Waals surface area contributed by atoms with Crippen molar-refractivity contribution in [2.45, 2.75) is 27.2 Å². The summed E-state index contributed by atoms with van der Waals surface area (Å²) < 4.78 is 5.93.